The summed E-state index contributed by atoms with van der Waals surface area (Å²) < 4.78 is 11.5. The minimum atomic E-state index is -0.317. The second kappa shape index (κ2) is 9.43. The summed E-state index contributed by atoms with van der Waals surface area (Å²) in [4.78, 5) is 17.9. The number of halogens is 1. The van der Waals surface area contributed by atoms with E-state index in [4.69, 9.17) is 20.8 Å². The van der Waals surface area contributed by atoms with Crippen molar-refractivity contribution in [1.82, 2.24) is 4.98 Å². The molecule has 0 aliphatic heterocycles. The van der Waals surface area contributed by atoms with Crippen LogP contribution in [0.3, 0.4) is 0 Å². The van der Waals surface area contributed by atoms with Gasteiger partial charge in [-0.2, -0.15) is 0 Å². The fraction of sp³-hybridized carbons (Fsp3) is 0.172. The number of ether oxygens (including phenoxy) is 1. The van der Waals surface area contributed by atoms with E-state index in [1.165, 1.54) is 5.56 Å². The zero-order valence-corrected chi connectivity index (χ0v) is 20.5. The number of fused-ring (bicyclic) bond motifs is 2. The van der Waals surface area contributed by atoms with Crippen molar-refractivity contribution in [1.29, 1.82) is 0 Å². The number of oxazole rings is 1. The molecule has 1 heterocycles. The lowest BCUT2D eigenvalue weighted by molar-refractivity contribution is 0.102. The quantitative estimate of drug-likeness (QED) is 0.264. The molecular weight excluding hydrogens is 460 g/mol. The van der Waals surface area contributed by atoms with Gasteiger partial charge in [0.1, 0.15) is 11.3 Å². The van der Waals surface area contributed by atoms with Crippen molar-refractivity contribution in [2.24, 2.45) is 0 Å². The number of hydrogen-bond donors (Lipinski definition) is 1. The first-order valence-electron chi connectivity index (χ1n) is 11.6. The van der Waals surface area contributed by atoms with Crippen LogP contribution in [0.15, 0.2) is 77.2 Å². The molecule has 1 atom stereocenters. The summed E-state index contributed by atoms with van der Waals surface area (Å²) in [6, 6.07) is 22.9. The molecule has 5 rings (SSSR count). The predicted molar refractivity (Wildman–Crippen MR) is 142 cm³/mol. The molecule has 35 heavy (non-hydrogen) atoms. The Labute approximate surface area is 208 Å². The van der Waals surface area contributed by atoms with Crippen LogP contribution in [0.5, 0.6) is 5.75 Å². The van der Waals surface area contributed by atoms with Crippen molar-refractivity contribution in [3.05, 3.63) is 88.9 Å². The van der Waals surface area contributed by atoms with E-state index in [0.29, 0.717) is 39.4 Å². The Bertz CT molecular complexity index is 1560. The average molecular weight is 485 g/mol. The van der Waals surface area contributed by atoms with E-state index < -0.39 is 0 Å². The van der Waals surface area contributed by atoms with Gasteiger partial charge < -0.3 is 14.5 Å². The molecule has 1 N–H and O–H groups in total. The van der Waals surface area contributed by atoms with Gasteiger partial charge in [-0.25, -0.2) is 4.98 Å². The number of benzene rings is 4. The third-order valence-electron chi connectivity index (χ3n) is 6.37. The number of methoxy groups -OCH3 is 1. The molecule has 0 aliphatic carbocycles. The highest BCUT2D eigenvalue weighted by Gasteiger charge is 2.17. The van der Waals surface area contributed by atoms with Crippen LogP contribution in [0.2, 0.25) is 5.02 Å². The monoisotopic (exact) mass is 484 g/mol. The number of anilines is 1. The highest BCUT2D eigenvalue weighted by atomic mass is 35.5. The first-order chi connectivity index (χ1) is 17.0. The maximum Gasteiger partial charge on any atom is 0.259 e. The van der Waals surface area contributed by atoms with Gasteiger partial charge in [-0.3, -0.25) is 4.79 Å². The first-order valence-corrected chi connectivity index (χ1v) is 11.9. The molecule has 0 spiro atoms. The standard InChI is InChI=1S/C29H25ClN2O3/c1-4-17(2)18-10-12-26-25(14-18)32-29(35-26)21-9-11-23(30)24(15-21)31-28(33)22-13-19-7-5-6-8-20(19)16-27(22)34-3/h5-17H,4H2,1-3H3,(H,31,33)/t17-/m1/s1. The Kier molecular flexibility index (Phi) is 6.18. The second-order valence-corrected chi connectivity index (χ2v) is 9.01. The van der Waals surface area contributed by atoms with Gasteiger partial charge in [-0.1, -0.05) is 55.8 Å². The molecule has 6 heteroatoms. The number of rotatable bonds is 6. The number of aromatic nitrogens is 1. The number of amides is 1. The number of carbonyl (C=O) groups excluding carboxylic acids is 1. The summed E-state index contributed by atoms with van der Waals surface area (Å²) in [5.74, 6) is 1.09. The SMILES string of the molecule is CC[C@@H](C)c1ccc2oc(-c3ccc(Cl)c(NC(=O)c4cc5ccccc5cc4OC)c3)nc2c1. The van der Waals surface area contributed by atoms with E-state index in [-0.39, 0.29) is 5.91 Å². The molecule has 0 unspecified atom stereocenters. The van der Waals surface area contributed by atoms with Crippen LogP contribution < -0.4 is 10.1 Å². The third kappa shape index (κ3) is 4.47. The van der Waals surface area contributed by atoms with Crippen LogP contribution in [0.25, 0.3) is 33.3 Å². The predicted octanol–water partition coefficient (Wildman–Crippen LogP) is 8.08. The van der Waals surface area contributed by atoms with Crippen molar-refractivity contribution in [3.63, 3.8) is 0 Å². The third-order valence-corrected chi connectivity index (χ3v) is 6.70. The Balaban J connectivity index is 1.47. The molecule has 5 nitrogen and oxygen atoms in total. The fourth-order valence-electron chi connectivity index (χ4n) is 4.12. The van der Waals surface area contributed by atoms with Gasteiger partial charge in [-0.15, -0.1) is 0 Å². The van der Waals surface area contributed by atoms with Gasteiger partial charge >= 0.3 is 0 Å². The molecule has 5 aromatic rings. The average Bonchev–Trinajstić information content (AvgIpc) is 3.32. The highest BCUT2D eigenvalue weighted by Crippen LogP contribution is 2.33. The zero-order chi connectivity index (χ0) is 24.5. The molecule has 0 fully saturated rings. The molecule has 176 valence electrons. The van der Waals surface area contributed by atoms with Gasteiger partial charge in [0.05, 0.1) is 23.4 Å². The molecule has 0 saturated heterocycles. The molecule has 0 radical (unpaired) electrons. The van der Waals surface area contributed by atoms with E-state index in [1.807, 2.05) is 48.5 Å². The fourth-order valence-corrected chi connectivity index (χ4v) is 4.28. The lowest BCUT2D eigenvalue weighted by atomic mass is 9.98. The Morgan fingerprint density at radius 3 is 2.57 bits per heavy atom. The summed E-state index contributed by atoms with van der Waals surface area (Å²) in [7, 11) is 1.55. The summed E-state index contributed by atoms with van der Waals surface area (Å²) in [6.45, 7) is 4.36. The van der Waals surface area contributed by atoms with Crippen LogP contribution in [0.4, 0.5) is 5.69 Å². The summed E-state index contributed by atoms with van der Waals surface area (Å²) in [6.07, 6.45) is 1.05. The van der Waals surface area contributed by atoms with Crippen molar-refractivity contribution in [3.8, 4) is 17.2 Å². The van der Waals surface area contributed by atoms with Gasteiger partial charge in [0.2, 0.25) is 5.89 Å². The molecule has 0 saturated carbocycles. The van der Waals surface area contributed by atoms with Crippen molar-refractivity contribution in [2.75, 3.05) is 12.4 Å². The first kappa shape index (κ1) is 22.9. The van der Waals surface area contributed by atoms with E-state index in [1.54, 1.807) is 19.2 Å². The maximum absolute atomic E-state index is 13.2. The van der Waals surface area contributed by atoms with Gasteiger partial charge in [0, 0.05) is 5.56 Å². The number of carbonyl (C=O) groups is 1. The van der Waals surface area contributed by atoms with E-state index >= 15 is 0 Å². The number of nitrogens with one attached hydrogen (secondary N) is 1. The Morgan fingerprint density at radius 2 is 1.83 bits per heavy atom. The van der Waals surface area contributed by atoms with E-state index in [2.05, 4.69) is 36.3 Å². The van der Waals surface area contributed by atoms with Crippen LogP contribution in [-0.4, -0.2) is 18.0 Å². The number of hydrogen-bond acceptors (Lipinski definition) is 4. The van der Waals surface area contributed by atoms with Gasteiger partial charge in [0.15, 0.2) is 5.58 Å². The summed E-state index contributed by atoms with van der Waals surface area (Å²) >= 11 is 6.44. The van der Waals surface area contributed by atoms with Crippen LogP contribution in [-0.2, 0) is 0 Å². The molecule has 0 bridgehead atoms. The van der Waals surface area contributed by atoms with Gasteiger partial charge in [-0.05, 0) is 71.1 Å². The van der Waals surface area contributed by atoms with Crippen LogP contribution in [0.1, 0.15) is 42.1 Å². The van der Waals surface area contributed by atoms with Crippen molar-refractivity contribution in [2.45, 2.75) is 26.2 Å². The van der Waals surface area contributed by atoms with Crippen molar-refractivity contribution < 1.29 is 13.9 Å². The smallest absolute Gasteiger partial charge is 0.259 e. The lowest BCUT2D eigenvalue weighted by Gasteiger charge is -2.12. The molecular formula is C29H25ClN2O3. The number of nitrogens with zero attached hydrogens (tertiary/aromatic N) is 1. The van der Waals surface area contributed by atoms with Crippen molar-refractivity contribution >= 4 is 45.1 Å². The van der Waals surface area contributed by atoms with E-state index in [0.717, 1.165) is 28.3 Å². The highest BCUT2D eigenvalue weighted by molar-refractivity contribution is 6.34. The Hall–Kier alpha value is -3.83. The molecule has 1 aromatic heterocycles. The lowest BCUT2D eigenvalue weighted by Crippen LogP contribution is -2.13. The van der Waals surface area contributed by atoms with Gasteiger partial charge in [0.25, 0.3) is 5.91 Å². The molecule has 4 aromatic carbocycles. The minimum Gasteiger partial charge on any atom is -0.496 e. The Morgan fingerprint density at radius 1 is 1.06 bits per heavy atom. The largest absolute Gasteiger partial charge is 0.496 e. The molecule has 0 aliphatic rings. The van der Waals surface area contributed by atoms with E-state index in [9.17, 15) is 4.79 Å². The second-order valence-electron chi connectivity index (χ2n) is 8.60. The molecule has 1 amide bonds. The topological polar surface area (TPSA) is 64.4 Å². The summed E-state index contributed by atoms with van der Waals surface area (Å²) in [5.41, 5.74) is 4.36. The van der Waals surface area contributed by atoms with Crippen LogP contribution >= 0.6 is 11.6 Å². The maximum atomic E-state index is 13.2. The van der Waals surface area contributed by atoms with Crippen LogP contribution in [0, 0.1) is 0 Å². The minimum absolute atomic E-state index is 0.317. The zero-order valence-electron chi connectivity index (χ0n) is 19.8. The normalized spacial score (nSPS) is 12.1. The summed E-state index contributed by atoms with van der Waals surface area (Å²) in [5, 5.41) is 5.27.